The Hall–Kier alpha value is -12.3. The Bertz CT molecular complexity index is 4060. The van der Waals surface area contributed by atoms with Gasteiger partial charge in [-0.25, -0.2) is 4.79 Å². The number of ketones is 4. The number of fused-ring (bicyclic) bond motifs is 1. The number of carbonyl (C=O) groups is 18. The first-order valence-electron chi connectivity index (χ1n) is 38.2. The number of aliphatic hydroxyl groups excluding tert-OH is 1. The molecule has 640 valence electrons. The van der Waals surface area contributed by atoms with Gasteiger partial charge in [0.25, 0.3) is 0 Å². The SMILES string of the molecule is C[C@H](CC(=O)[C@@H](CC(N)=O)NC(=O)[C@H](Cc1c[nH]c2ccccc12)NC(=O)C1CCCCCCCCCCC1)C(=O)N[C@@H]1C(=O)NCC(=O)N[C@@H](CCCN)C(=O)N[C@@H](CC(=O)O)C(=O)C[C@H](C)C(=O)N[C@@H](C)C(=O)NCC(=O)N[C@H](CO)C(=O)C[C@@H]([C@H](C)CC(=O)O)C(=O)N[C@@H](C(=O)c2ccccc2N)C(=O)O[C@@H]1C.O=C=O.O=C=O. The zero-order valence-corrected chi connectivity index (χ0v) is 65.7. The number of carboxylic acid groups (broad SMARTS) is 2. The first-order valence-corrected chi connectivity index (χ1v) is 38.2. The van der Waals surface area contributed by atoms with E-state index < -0.39 is 248 Å². The van der Waals surface area contributed by atoms with E-state index >= 15 is 0 Å². The van der Waals surface area contributed by atoms with Gasteiger partial charge in [0.1, 0.15) is 36.3 Å². The van der Waals surface area contributed by atoms with Crippen molar-refractivity contribution < 1.29 is 126 Å². The minimum absolute atomic E-state index is 0.0122. The molecule has 2 heterocycles. The van der Waals surface area contributed by atoms with Gasteiger partial charge in [-0.15, -0.1) is 0 Å². The number of carbonyl (C=O) groups excluding carboxylic acids is 20. The Morgan fingerprint density at radius 1 is 0.615 bits per heavy atom. The molecule has 0 unspecified atom stereocenters. The third-order valence-electron chi connectivity index (χ3n) is 19.5. The van der Waals surface area contributed by atoms with Crippen LogP contribution in [0.5, 0.6) is 0 Å². The Labute approximate surface area is 672 Å². The summed E-state index contributed by atoms with van der Waals surface area (Å²) in [5.41, 5.74) is 18.3. The summed E-state index contributed by atoms with van der Waals surface area (Å²) in [6, 6.07) is -2.26. The zero-order valence-electron chi connectivity index (χ0n) is 65.7. The molecule has 1 aliphatic heterocycles. The van der Waals surface area contributed by atoms with Gasteiger partial charge in [-0.05, 0) is 75.8 Å². The number of carboxylic acids is 2. The van der Waals surface area contributed by atoms with E-state index in [0.29, 0.717) is 18.4 Å². The van der Waals surface area contributed by atoms with E-state index in [1.165, 1.54) is 45.9 Å². The number of para-hydroxylation sites is 2. The minimum Gasteiger partial charge on any atom is -0.481 e. The Balaban J connectivity index is 0.00000571. The van der Waals surface area contributed by atoms with Crippen LogP contribution in [0.2, 0.25) is 0 Å². The van der Waals surface area contributed by atoms with E-state index in [1.54, 1.807) is 18.3 Å². The number of aliphatic carboxylic acids is 2. The van der Waals surface area contributed by atoms with E-state index in [9.17, 15) is 102 Å². The lowest BCUT2D eigenvalue weighted by atomic mass is 9.84. The second kappa shape index (κ2) is 51.5. The number of aromatic nitrogens is 1. The van der Waals surface area contributed by atoms with Crippen LogP contribution in [0.25, 0.3) is 10.9 Å². The molecule has 20 N–H and O–H groups in total. The summed E-state index contributed by atoms with van der Waals surface area (Å²) in [4.78, 5) is 285. The number of H-pyrrole nitrogens is 1. The van der Waals surface area contributed by atoms with Gasteiger partial charge in [0, 0.05) is 84.1 Å². The molecule has 1 saturated heterocycles. The molecular formula is C77H106N14O26. The second-order valence-electron chi connectivity index (χ2n) is 28.7. The van der Waals surface area contributed by atoms with Crippen molar-refractivity contribution in [2.24, 2.45) is 41.1 Å². The number of nitrogens with one attached hydrogen (secondary N) is 11. The number of benzene rings is 2. The zero-order chi connectivity index (χ0) is 87.6. The van der Waals surface area contributed by atoms with Crippen LogP contribution in [0.4, 0.5) is 5.69 Å². The lowest BCUT2D eigenvalue weighted by Crippen LogP contribution is -2.58. The maximum atomic E-state index is 14.8. The molecule has 1 aliphatic carbocycles. The number of hydrogen-bond acceptors (Lipinski definition) is 26. The average Bonchev–Trinajstić information content (AvgIpc) is 1.81. The van der Waals surface area contributed by atoms with E-state index in [4.69, 9.17) is 41.1 Å². The van der Waals surface area contributed by atoms with Gasteiger partial charge in [0.2, 0.25) is 65.0 Å². The van der Waals surface area contributed by atoms with Crippen molar-refractivity contribution in [3.05, 3.63) is 65.9 Å². The molecule has 13 atom stereocenters. The Morgan fingerprint density at radius 3 is 1.75 bits per heavy atom. The highest BCUT2D eigenvalue weighted by atomic mass is 16.5. The summed E-state index contributed by atoms with van der Waals surface area (Å²) in [5, 5.41) is 54.4. The van der Waals surface area contributed by atoms with Crippen LogP contribution in [0.15, 0.2) is 54.7 Å². The van der Waals surface area contributed by atoms with Crippen LogP contribution in [-0.4, -0.2) is 219 Å². The Kier molecular flexibility index (Phi) is 43.6. The van der Waals surface area contributed by atoms with Gasteiger partial charge in [-0.2, -0.15) is 19.2 Å². The number of hydrogen-bond donors (Lipinski definition) is 17. The van der Waals surface area contributed by atoms with Gasteiger partial charge in [-0.3, -0.25) is 81.5 Å². The van der Waals surface area contributed by atoms with Crippen molar-refractivity contribution in [2.75, 3.05) is 32.0 Å². The summed E-state index contributed by atoms with van der Waals surface area (Å²) >= 11 is 0. The molecule has 3 aromatic rings. The van der Waals surface area contributed by atoms with Crippen LogP contribution in [-0.2, 0) is 112 Å². The van der Waals surface area contributed by atoms with Gasteiger partial charge in [0.05, 0.1) is 44.6 Å². The fraction of sp³-hybridized carbons (Fsp3) is 0.558. The highest BCUT2D eigenvalue weighted by Gasteiger charge is 2.42. The monoisotopic (exact) mass is 1640 g/mol. The van der Waals surface area contributed by atoms with Gasteiger partial charge in [-0.1, -0.05) is 109 Å². The number of amides is 11. The molecule has 11 amide bonds. The normalized spacial score (nSPS) is 22.4. The number of cyclic esters (lactones) is 1. The van der Waals surface area contributed by atoms with Crippen LogP contribution >= 0.6 is 0 Å². The number of nitrogen functional groups attached to an aromatic ring is 1. The number of primary amides is 1. The van der Waals surface area contributed by atoms with Gasteiger partial charge in [0.15, 0.2) is 29.2 Å². The summed E-state index contributed by atoms with van der Waals surface area (Å²) < 4.78 is 5.73. The third-order valence-corrected chi connectivity index (χ3v) is 19.5. The fourth-order valence-corrected chi connectivity index (χ4v) is 13.0. The van der Waals surface area contributed by atoms with Crippen LogP contribution in [0, 0.1) is 29.6 Å². The summed E-state index contributed by atoms with van der Waals surface area (Å²) in [6.45, 7) is 2.58. The van der Waals surface area contributed by atoms with Crippen molar-refractivity contribution in [3.63, 3.8) is 0 Å². The number of nitrogens with two attached hydrogens (primary N) is 3. The van der Waals surface area contributed by atoms with Gasteiger partial charge >= 0.3 is 30.2 Å². The summed E-state index contributed by atoms with van der Waals surface area (Å²) in [6.07, 6.45) is 4.39. The topological polar surface area (TPSA) is 660 Å². The molecule has 5 rings (SSSR count). The minimum atomic E-state index is -2.53. The lowest BCUT2D eigenvalue weighted by molar-refractivity contribution is -0.193. The molecule has 2 aliphatic rings. The highest BCUT2D eigenvalue weighted by Crippen LogP contribution is 2.26. The number of esters is 1. The standard InChI is InChI=1S/C75H106N14O22.2CO2/c1-39(30-62(97)98)48-32-58(93)55(38-90)84-61(96)36-80-69(104)42(4)82-67(102)40(2)28-57(92)53(34-63(99)100)86-72(107)51(26-19-27-76)83-60(95)37-81-74(109)64(43(5)111-75(110)65(89-71(48)106)66(101)47-23-15-17-24-49(47)77)88-68(103)41(3)29-56(91)52(33-59(78)94)85-73(108)54(31-45-35-79-50-25-18-16-22-46(45)50)87-70(105)44-20-13-11-9-7-6-8-10-12-14-21-44;2*2-1-3/h15-18,22-25,35,39-44,48,51-55,64-65,79,90H,6-14,19-21,26-34,36-38,76-77H2,1-5H3,(H2,78,94)(H,80,104)(H,81,109)(H,82,102)(H,83,95)(H,84,96)(H,85,108)(H,86,107)(H,87,105)(H,88,103)(H,89,106)(H,97,98)(H,99,100);;/t39-,40+,41-,42+,43-,48+,51+,52-,53+,54+,55-,64+,65+;;/m1../s1. The number of rotatable bonds is 24. The van der Waals surface area contributed by atoms with Gasteiger partial charge < -0.3 is 95.4 Å². The average molecular weight is 1640 g/mol. The summed E-state index contributed by atoms with van der Waals surface area (Å²) in [5.74, 6) is -27.3. The van der Waals surface area contributed by atoms with Crippen molar-refractivity contribution in [1.29, 1.82) is 0 Å². The number of ether oxygens (including phenoxy) is 1. The number of anilines is 1. The highest BCUT2D eigenvalue weighted by molar-refractivity contribution is 6.16. The fourth-order valence-electron chi connectivity index (χ4n) is 13.0. The molecule has 0 bridgehead atoms. The predicted molar refractivity (Wildman–Crippen MR) is 408 cm³/mol. The molecule has 40 heteroatoms. The van der Waals surface area contributed by atoms with Crippen LogP contribution in [0.1, 0.15) is 173 Å². The Morgan fingerprint density at radius 2 is 1.18 bits per heavy atom. The molecule has 40 nitrogen and oxygen atoms in total. The van der Waals surface area contributed by atoms with E-state index in [2.05, 4.69) is 58.2 Å². The van der Waals surface area contributed by atoms with E-state index in [0.717, 1.165) is 81.7 Å². The largest absolute Gasteiger partial charge is 0.481 e. The number of Topliss-reactive ketones (excluding diaryl/α,β-unsaturated/α-hetero) is 4. The second-order valence-corrected chi connectivity index (χ2v) is 28.7. The van der Waals surface area contributed by atoms with Crippen molar-refractivity contribution in [1.82, 2.24) is 58.2 Å². The molecule has 1 saturated carbocycles. The number of aromatic amines is 1. The molecule has 117 heavy (non-hydrogen) atoms. The van der Waals surface area contributed by atoms with Crippen LogP contribution < -0.4 is 70.4 Å². The molecule has 0 spiro atoms. The van der Waals surface area contributed by atoms with Crippen molar-refractivity contribution >= 4 is 135 Å². The summed E-state index contributed by atoms with van der Waals surface area (Å²) in [7, 11) is 0. The molecule has 2 fully saturated rings. The first-order chi connectivity index (χ1) is 55.4. The van der Waals surface area contributed by atoms with E-state index in [-0.39, 0.29) is 49.7 Å². The van der Waals surface area contributed by atoms with Crippen molar-refractivity contribution in [3.8, 4) is 0 Å². The number of aliphatic hydroxyl groups is 1. The first kappa shape index (κ1) is 98.9. The third kappa shape index (κ3) is 34.4. The lowest BCUT2D eigenvalue weighted by Gasteiger charge is -2.29. The molecular weight excluding hydrogens is 1540 g/mol. The smallest absolute Gasteiger partial charge is 0.373 e. The molecule has 2 aromatic carbocycles. The van der Waals surface area contributed by atoms with E-state index in [1.807, 2.05) is 12.1 Å². The maximum Gasteiger partial charge on any atom is 0.373 e. The van der Waals surface area contributed by atoms with Crippen molar-refractivity contribution in [2.45, 2.75) is 217 Å². The van der Waals surface area contributed by atoms with Crippen LogP contribution in [0.3, 0.4) is 0 Å². The molecule has 1 aromatic heterocycles. The molecule has 0 radical (unpaired) electrons. The predicted octanol–water partition coefficient (Wildman–Crippen LogP) is -2.04. The quantitative estimate of drug-likeness (QED) is 0.0199. The maximum absolute atomic E-state index is 14.8.